The van der Waals surface area contributed by atoms with Crippen LogP contribution in [0.2, 0.25) is 0 Å². The summed E-state index contributed by atoms with van der Waals surface area (Å²) in [5.74, 6) is 0. The van der Waals surface area contributed by atoms with Crippen molar-refractivity contribution in [3.63, 3.8) is 0 Å². The monoisotopic (exact) mass is 215 g/mol. The van der Waals surface area contributed by atoms with Crippen LogP contribution in [0.3, 0.4) is 0 Å². The lowest BCUT2D eigenvalue weighted by Gasteiger charge is -2.09. The van der Waals surface area contributed by atoms with Crippen LogP contribution in [0, 0.1) is 6.92 Å². The molecule has 1 aromatic carbocycles. The van der Waals surface area contributed by atoms with Gasteiger partial charge in [-0.05, 0) is 42.8 Å². The molecule has 16 heavy (non-hydrogen) atoms. The number of nitrogen functional groups attached to an aromatic ring is 1. The summed E-state index contributed by atoms with van der Waals surface area (Å²) in [7, 11) is 0. The Kier molecular flexibility index (Phi) is 3.15. The third kappa shape index (κ3) is 2.57. The largest absolute Gasteiger partial charge is 0.399 e. The molecule has 0 saturated heterocycles. The Morgan fingerprint density at radius 3 is 2.69 bits per heavy atom. The van der Waals surface area contributed by atoms with E-state index in [0.717, 1.165) is 30.0 Å². The van der Waals surface area contributed by atoms with Gasteiger partial charge in [0.25, 0.3) is 0 Å². The Balaban J connectivity index is 1.87. The summed E-state index contributed by atoms with van der Waals surface area (Å²) < 4.78 is 2.15. The number of nitrogens with one attached hydrogen (secondary N) is 1. The summed E-state index contributed by atoms with van der Waals surface area (Å²) in [6.45, 7) is 3.90. The highest BCUT2D eigenvalue weighted by Crippen LogP contribution is 2.16. The maximum atomic E-state index is 5.76. The summed E-state index contributed by atoms with van der Waals surface area (Å²) in [6, 6.07) is 10.1. The maximum Gasteiger partial charge on any atom is 0.0393 e. The molecule has 0 aliphatic carbocycles. The summed E-state index contributed by atoms with van der Waals surface area (Å²) in [5.41, 5.74) is 8.85. The topological polar surface area (TPSA) is 43.0 Å². The van der Waals surface area contributed by atoms with Crippen LogP contribution in [-0.4, -0.2) is 11.1 Å². The Labute approximate surface area is 95.9 Å². The SMILES string of the molecule is Cc1cc(NCCn2cccc2)ccc1N. The van der Waals surface area contributed by atoms with Crippen molar-refractivity contribution in [1.82, 2.24) is 4.57 Å². The summed E-state index contributed by atoms with van der Waals surface area (Å²) in [6.07, 6.45) is 4.13. The van der Waals surface area contributed by atoms with Crippen molar-refractivity contribution in [3.05, 3.63) is 48.3 Å². The van der Waals surface area contributed by atoms with Crippen LogP contribution in [0.15, 0.2) is 42.7 Å². The van der Waals surface area contributed by atoms with E-state index in [0.29, 0.717) is 0 Å². The third-order valence-electron chi connectivity index (χ3n) is 2.64. The highest BCUT2D eigenvalue weighted by atomic mass is 15.0. The Morgan fingerprint density at radius 2 is 2.00 bits per heavy atom. The lowest BCUT2D eigenvalue weighted by atomic mass is 10.2. The molecule has 84 valence electrons. The smallest absolute Gasteiger partial charge is 0.0393 e. The fourth-order valence-corrected chi connectivity index (χ4v) is 1.63. The van der Waals surface area contributed by atoms with Gasteiger partial charge in [-0.15, -0.1) is 0 Å². The molecule has 1 heterocycles. The molecule has 0 unspecified atom stereocenters. The average Bonchev–Trinajstić information content (AvgIpc) is 2.76. The van der Waals surface area contributed by atoms with Crippen molar-refractivity contribution in [2.75, 3.05) is 17.6 Å². The van der Waals surface area contributed by atoms with E-state index in [4.69, 9.17) is 5.73 Å². The molecule has 0 fully saturated rings. The predicted molar refractivity (Wildman–Crippen MR) is 68.5 cm³/mol. The van der Waals surface area contributed by atoms with Gasteiger partial charge >= 0.3 is 0 Å². The molecule has 2 rings (SSSR count). The van der Waals surface area contributed by atoms with E-state index in [2.05, 4.69) is 28.3 Å². The standard InChI is InChI=1S/C13H17N3/c1-11-10-12(4-5-13(11)14)15-6-9-16-7-2-3-8-16/h2-5,7-8,10,15H,6,9,14H2,1H3. The summed E-state index contributed by atoms with van der Waals surface area (Å²) in [5, 5.41) is 3.37. The lowest BCUT2D eigenvalue weighted by molar-refractivity contribution is 0.733. The van der Waals surface area contributed by atoms with Gasteiger partial charge in [-0.25, -0.2) is 0 Å². The number of rotatable bonds is 4. The first-order valence-corrected chi connectivity index (χ1v) is 5.46. The molecule has 0 atom stereocenters. The normalized spacial score (nSPS) is 10.3. The van der Waals surface area contributed by atoms with Gasteiger partial charge in [0, 0.05) is 36.9 Å². The zero-order valence-corrected chi connectivity index (χ0v) is 9.48. The molecule has 2 aromatic rings. The van der Waals surface area contributed by atoms with Crippen molar-refractivity contribution in [2.24, 2.45) is 0 Å². The quantitative estimate of drug-likeness (QED) is 0.769. The minimum absolute atomic E-state index is 0.843. The second-order valence-electron chi connectivity index (χ2n) is 3.92. The molecule has 3 nitrogen and oxygen atoms in total. The number of hydrogen-bond acceptors (Lipinski definition) is 2. The van der Waals surface area contributed by atoms with Gasteiger partial charge in [-0.2, -0.15) is 0 Å². The molecule has 0 bridgehead atoms. The van der Waals surface area contributed by atoms with E-state index in [1.54, 1.807) is 0 Å². The molecule has 3 heteroatoms. The van der Waals surface area contributed by atoms with Gasteiger partial charge in [0.05, 0.1) is 0 Å². The molecule has 0 aliphatic heterocycles. The van der Waals surface area contributed by atoms with Gasteiger partial charge in [-0.3, -0.25) is 0 Å². The van der Waals surface area contributed by atoms with Crippen LogP contribution in [0.4, 0.5) is 11.4 Å². The van der Waals surface area contributed by atoms with Crippen LogP contribution in [-0.2, 0) is 6.54 Å². The Bertz CT molecular complexity index is 446. The van der Waals surface area contributed by atoms with Crippen LogP contribution in [0.1, 0.15) is 5.56 Å². The molecular weight excluding hydrogens is 198 g/mol. The highest BCUT2D eigenvalue weighted by molar-refractivity contribution is 5.56. The molecule has 0 radical (unpaired) electrons. The Morgan fingerprint density at radius 1 is 1.25 bits per heavy atom. The first-order chi connectivity index (χ1) is 7.75. The summed E-state index contributed by atoms with van der Waals surface area (Å²) >= 11 is 0. The molecule has 0 spiro atoms. The number of benzene rings is 1. The minimum Gasteiger partial charge on any atom is -0.399 e. The van der Waals surface area contributed by atoms with Crippen LogP contribution in [0.5, 0.6) is 0 Å². The van der Waals surface area contributed by atoms with E-state index in [9.17, 15) is 0 Å². The number of anilines is 2. The molecule has 1 aromatic heterocycles. The summed E-state index contributed by atoms with van der Waals surface area (Å²) in [4.78, 5) is 0. The second-order valence-corrected chi connectivity index (χ2v) is 3.92. The minimum atomic E-state index is 0.843. The first kappa shape index (κ1) is 10.6. The third-order valence-corrected chi connectivity index (χ3v) is 2.64. The van der Waals surface area contributed by atoms with Gasteiger partial charge < -0.3 is 15.6 Å². The molecular formula is C13H17N3. The Hall–Kier alpha value is -1.90. The van der Waals surface area contributed by atoms with Crippen molar-refractivity contribution in [3.8, 4) is 0 Å². The van der Waals surface area contributed by atoms with Crippen LogP contribution >= 0.6 is 0 Å². The molecule has 3 N–H and O–H groups in total. The van der Waals surface area contributed by atoms with E-state index in [1.807, 2.05) is 31.2 Å². The van der Waals surface area contributed by atoms with Gasteiger partial charge in [0.1, 0.15) is 0 Å². The first-order valence-electron chi connectivity index (χ1n) is 5.46. The molecule has 0 aliphatic rings. The predicted octanol–water partition coefficient (Wildman–Crippen LogP) is 2.49. The van der Waals surface area contributed by atoms with Gasteiger partial charge in [-0.1, -0.05) is 0 Å². The second kappa shape index (κ2) is 4.75. The van der Waals surface area contributed by atoms with E-state index in [1.165, 1.54) is 0 Å². The molecule has 0 amide bonds. The fraction of sp³-hybridized carbons (Fsp3) is 0.231. The van der Waals surface area contributed by atoms with E-state index < -0.39 is 0 Å². The van der Waals surface area contributed by atoms with Crippen molar-refractivity contribution < 1.29 is 0 Å². The van der Waals surface area contributed by atoms with E-state index >= 15 is 0 Å². The zero-order valence-electron chi connectivity index (χ0n) is 9.48. The van der Waals surface area contributed by atoms with E-state index in [-0.39, 0.29) is 0 Å². The van der Waals surface area contributed by atoms with Gasteiger partial charge in [0.2, 0.25) is 0 Å². The maximum absolute atomic E-state index is 5.76. The van der Waals surface area contributed by atoms with Crippen molar-refractivity contribution in [2.45, 2.75) is 13.5 Å². The number of nitrogens with zero attached hydrogens (tertiary/aromatic N) is 1. The van der Waals surface area contributed by atoms with Crippen LogP contribution < -0.4 is 11.1 Å². The van der Waals surface area contributed by atoms with Crippen LogP contribution in [0.25, 0.3) is 0 Å². The number of hydrogen-bond donors (Lipinski definition) is 2. The zero-order chi connectivity index (χ0) is 11.4. The van der Waals surface area contributed by atoms with Crippen molar-refractivity contribution >= 4 is 11.4 Å². The number of aryl methyl sites for hydroxylation is 1. The lowest BCUT2D eigenvalue weighted by Crippen LogP contribution is -2.09. The number of aromatic nitrogens is 1. The molecule has 0 saturated carbocycles. The van der Waals surface area contributed by atoms with Crippen molar-refractivity contribution in [1.29, 1.82) is 0 Å². The highest BCUT2D eigenvalue weighted by Gasteiger charge is 1.96. The number of nitrogens with two attached hydrogens (primary N) is 1. The average molecular weight is 215 g/mol. The fourth-order valence-electron chi connectivity index (χ4n) is 1.63. The van der Waals surface area contributed by atoms with Gasteiger partial charge in [0.15, 0.2) is 0 Å².